The van der Waals surface area contributed by atoms with Crippen LogP contribution in [0.5, 0.6) is 0 Å². The number of nitrogens with zero attached hydrogens (tertiary/aromatic N) is 1. The van der Waals surface area contributed by atoms with Gasteiger partial charge in [0.1, 0.15) is 6.54 Å². The maximum Gasteiger partial charge on any atom is 0.337 e. The molecule has 6 nitrogen and oxygen atoms in total. The van der Waals surface area contributed by atoms with Crippen molar-refractivity contribution < 1.29 is 14.7 Å². The van der Waals surface area contributed by atoms with Crippen molar-refractivity contribution in [2.24, 2.45) is 0 Å². The van der Waals surface area contributed by atoms with E-state index >= 15 is 0 Å². The van der Waals surface area contributed by atoms with Gasteiger partial charge in [-0.05, 0) is 37.1 Å². The molecule has 0 radical (unpaired) electrons. The summed E-state index contributed by atoms with van der Waals surface area (Å²) >= 11 is 0. The molecule has 2 rings (SSSR count). The molecule has 0 bridgehead atoms. The van der Waals surface area contributed by atoms with Crippen LogP contribution in [0.3, 0.4) is 0 Å². The Hall–Kier alpha value is -2.89. The van der Waals surface area contributed by atoms with Gasteiger partial charge < -0.3 is 15.0 Å². The summed E-state index contributed by atoms with van der Waals surface area (Å²) in [6.45, 7) is 3.58. The third-order valence-corrected chi connectivity index (χ3v) is 3.42. The Morgan fingerprint density at radius 1 is 1.18 bits per heavy atom. The minimum absolute atomic E-state index is 0.0425. The molecule has 0 aliphatic heterocycles. The molecule has 0 saturated heterocycles. The number of carbonyl (C=O) groups excluding carboxylic acids is 1. The molecule has 22 heavy (non-hydrogen) atoms. The van der Waals surface area contributed by atoms with Crippen molar-refractivity contribution in [1.82, 2.24) is 4.57 Å². The van der Waals surface area contributed by atoms with E-state index in [2.05, 4.69) is 5.32 Å². The molecule has 0 aliphatic carbocycles. The van der Waals surface area contributed by atoms with E-state index in [0.717, 1.165) is 28.0 Å². The van der Waals surface area contributed by atoms with E-state index in [9.17, 15) is 14.4 Å². The van der Waals surface area contributed by atoms with Crippen molar-refractivity contribution in [3.05, 3.63) is 63.6 Å². The first-order valence-corrected chi connectivity index (χ1v) is 6.68. The lowest BCUT2D eigenvalue weighted by atomic mass is 10.1. The Balaban J connectivity index is 2.19. The molecule has 2 N–H and O–H groups in total. The van der Waals surface area contributed by atoms with Gasteiger partial charge >= 0.3 is 5.97 Å². The average Bonchev–Trinajstić information content (AvgIpc) is 2.46. The summed E-state index contributed by atoms with van der Waals surface area (Å²) in [6.07, 6.45) is 1.16. The van der Waals surface area contributed by atoms with Crippen LogP contribution in [-0.2, 0) is 11.3 Å². The fourth-order valence-corrected chi connectivity index (χ4v) is 2.01. The highest BCUT2D eigenvalue weighted by molar-refractivity contribution is 5.91. The van der Waals surface area contributed by atoms with Gasteiger partial charge in [-0.15, -0.1) is 0 Å². The number of carbonyl (C=O) groups is 2. The molecule has 0 spiro atoms. The SMILES string of the molecule is Cc1cccc(NC(=O)Cn2cc(C(=O)O)ccc2=O)c1C. The molecule has 2 aromatic rings. The largest absolute Gasteiger partial charge is 0.478 e. The Morgan fingerprint density at radius 2 is 1.91 bits per heavy atom. The van der Waals surface area contributed by atoms with Crippen molar-refractivity contribution in [3.8, 4) is 0 Å². The van der Waals surface area contributed by atoms with Gasteiger partial charge in [-0.3, -0.25) is 9.59 Å². The molecule has 1 amide bonds. The van der Waals surface area contributed by atoms with Crippen LogP contribution in [0.15, 0.2) is 41.3 Å². The number of hydrogen-bond acceptors (Lipinski definition) is 3. The monoisotopic (exact) mass is 300 g/mol. The van der Waals surface area contributed by atoms with Crippen LogP contribution >= 0.6 is 0 Å². The van der Waals surface area contributed by atoms with E-state index in [1.54, 1.807) is 6.07 Å². The lowest BCUT2D eigenvalue weighted by Crippen LogP contribution is -2.27. The minimum Gasteiger partial charge on any atom is -0.478 e. The highest BCUT2D eigenvalue weighted by atomic mass is 16.4. The molecule has 0 fully saturated rings. The number of hydrogen-bond donors (Lipinski definition) is 2. The molecule has 1 aromatic carbocycles. The molecular weight excluding hydrogens is 284 g/mol. The van der Waals surface area contributed by atoms with Gasteiger partial charge in [0.2, 0.25) is 5.91 Å². The van der Waals surface area contributed by atoms with E-state index in [1.807, 2.05) is 26.0 Å². The van der Waals surface area contributed by atoms with Gasteiger partial charge in [-0.2, -0.15) is 0 Å². The lowest BCUT2D eigenvalue weighted by Gasteiger charge is -2.11. The third kappa shape index (κ3) is 3.41. The van der Waals surface area contributed by atoms with Crippen molar-refractivity contribution in [2.75, 3.05) is 5.32 Å². The van der Waals surface area contributed by atoms with Gasteiger partial charge in [0, 0.05) is 18.0 Å². The van der Waals surface area contributed by atoms with Gasteiger partial charge in [0.05, 0.1) is 5.56 Å². The summed E-state index contributed by atoms with van der Waals surface area (Å²) in [5.41, 5.74) is 2.19. The summed E-state index contributed by atoms with van der Waals surface area (Å²) in [6, 6.07) is 7.89. The number of aromatic carboxylic acids is 1. The molecule has 0 unspecified atom stereocenters. The Bertz CT molecular complexity index is 793. The van der Waals surface area contributed by atoms with Crippen LogP contribution in [-0.4, -0.2) is 21.6 Å². The van der Waals surface area contributed by atoms with Crippen LogP contribution in [0.2, 0.25) is 0 Å². The molecule has 114 valence electrons. The maximum atomic E-state index is 12.1. The minimum atomic E-state index is -1.15. The van der Waals surface area contributed by atoms with Crippen LogP contribution < -0.4 is 10.9 Å². The Labute approximate surface area is 127 Å². The summed E-state index contributed by atoms with van der Waals surface area (Å²) in [5, 5.41) is 11.6. The normalized spacial score (nSPS) is 10.3. The summed E-state index contributed by atoms with van der Waals surface area (Å²) in [4.78, 5) is 34.7. The standard InChI is InChI=1S/C16H16N2O4/c1-10-4-3-5-13(11(10)2)17-14(19)9-18-8-12(16(21)22)6-7-15(18)20/h3-8H,9H2,1-2H3,(H,17,19)(H,21,22). The van der Waals surface area contributed by atoms with Crippen LogP contribution in [0.1, 0.15) is 21.5 Å². The molecule has 6 heteroatoms. The van der Waals surface area contributed by atoms with E-state index in [4.69, 9.17) is 5.11 Å². The van der Waals surface area contributed by atoms with E-state index in [1.165, 1.54) is 6.07 Å². The topological polar surface area (TPSA) is 88.4 Å². The first-order chi connectivity index (χ1) is 10.4. The van der Waals surface area contributed by atoms with Crippen molar-refractivity contribution in [2.45, 2.75) is 20.4 Å². The zero-order chi connectivity index (χ0) is 16.3. The van der Waals surface area contributed by atoms with Gasteiger partial charge in [-0.25, -0.2) is 4.79 Å². The smallest absolute Gasteiger partial charge is 0.337 e. The lowest BCUT2D eigenvalue weighted by molar-refractivity contribution is -0.116. The second-order valence-electron chi connectivity index (χ2n) is 4.98. The van der Waals surface area contributed by atoms with Gasteiger partial charge in [0.15, 0.2) is 0 Å². The number of amides is 1. The Morgan fingerprint density at radius 3 is 2.59 bits per heavy atom. The van der Waals surface area contributed by atoms with E-state index in [0.29, 0.717) is 5.69 Å². The number of aryl methyl sites for hydroxylation is 1. The number of benzene rings is 1. The van der Waals surface area contributed by atoms with Crippen LogP contribution in [0, 0.1) is 13.8 Å². The molecule has 1 aromatic heterocycles. The molecule has 0 saturated carbocycles. The number of rotatable bonds is 4. The second-order valence-corrected chi connectivity index (χ2v) is 4.98. The number of aromatic nitrogens is 1. The summed E-state index contributed by atoms with van der Waals surface area (Å²) in [5.74, 6) is -1.54. The molecule has 0 atom stereocenters. The highest BCUT2D eigenvalue weighted by Gasteiger charge is 2.10. The Kier molecular flexibility index (Phi) is 4.41. The number of carboxylic acid groups (broad SMARTS) is 1. The van der Waals surface area contributed by atoms with Gasteiger partial charge in [0.25, 0.3) is 5.56 Å². The van der Waals surface area contributed by atoms with Gasteiger partial charge in [-0.1, -0.05) is 12.1 Å². The summed E-state index contributed by atoms with van der Waals surface area (Å²) < 4.78 is 1.07. The quantitative estimate of drug-likeness (QED) is 0.901. The predicted molar refractivity (Wildman–Crippen MR) is 82.2 cm³/mol. The van der Waals surface area contributed by atoms with E-state index < -0.39 is 17.4 Å². The average molecular weight is 300 g/mol. The molecular formula is C16H16N2O4. The van der Waals surface area contributed by atoms with Crippen molar-refractivity contribution in [3.63, 3.8) is 0 Å². The van der Waals surface area contributed by atoms with Crippen LogP contribution in [0.25, 0.3) is 0 Å². The van der Waals surface area contributed by atoms with Crippen LogP contribution in [0.4, 0.5) is 5.69 Å². The van der Waals surface area contributed by atoms with E-state index in [-0.39, 0.29) is 12.1 Å². The maximum absolute atomic E-state index is 12.1. The number of nitrogens with one attached hydrogen (secondary N) is 1. The number of pyridine rings is 1. The fourth-order valence-electron chi connectivity index (χ4n) is 2.01. The zero-order valence-electron chi connectivity index (χ0n) is 12.3. The first-order valence-electron chi connectivity index (χ1n) is 6.68. The first kappa shape index (κ1) is 15.5. The number of carboxylic acids is 1. The summed E-state index contributed by atoms with van der Waals surface area (Å²) in [7, 11) is 0. The third-order valence-electron chi connectivity index (χ3n) is 3.42. The predicted octanol–water partition coefficient (Wildman–Crippen LogP) is 1.80. The molecule has 1 heterocycles. The highest BCUT2D eigenvalue weighted by Crippen LogP contribution is 2.17. The van der Waals surface area contributed by atoms with Crippen molar-refractivity contribution >= 4 is 17.6 Å². The fraction of sp³-hybridized carbons (Fsp3) is 0.188. The molecule has 0 aliphatic rings. The second kappa shape index (κ2) is 6.26. The zero-order valence-corrected chi connectivity index (χ0v) is 12.3. The van der Waals surface area contributed by atoms with Crippen molar-refractivity contribution in [1.29, 1.82) is 0 Å². The number of anilines is 1.